The van der Waals surface area contributed by atoms with Crippen molar-refractivity contribution in [3.8, 4) is 5.75 Å². The first-order valence-electron chi connectivity index (χ1n) is 9.38. The van der Waals surface area contributed by atoms with Gasteiger partial charge in [-0.15, -0.1) is 11.8 Å². The van der Waals surface area contributed by atoms with Crippen LogP contribution in [0.15, 0.2) is 45.8 Å². The number of epoxide rings is 1. The maximum atomic E-state index is 13.2. The SMILES string of the molecule is CN(C)Cc1c(O)c(Br)cc2c1c(C(=O)C1CO1)c(CSc1ccccc1)n2C. The Kier molecular flexibility index (Phi) is 5.75. The Morgan fingerprint density at radius 3 is 2.66 bits per heavy atom. The normalized spacial score (nSPS) is 16.0. The fourth-order valence-electron chi connectivity index (χ4n) is 3.61. The van der Waals surface area contributed by atoms with Crippen LogP contribution in [0.3, 0.4) is 0 Å². The zero-order valence-electron chi connectivity index (χ0n) is 16.6. The summed E-state index contributed by atoms with van der Waals surface area (Å²) < 4.78 is 8.03. The van der Waals surface area contributed by atoms with Gasteiger partial charge < -0.3 is 19.3 Å². The number of rotatable bonds is 7. The van der Waals surface area contributed by atoms with Gasteiger partial charge in [-0.1, -0.05) is 18.2 Å². The molecule has 152 valence electrons. The number of benzene rings is 2. The molecule has 1 aliphatic rings. The molecule has 0 amide bonds. The summed E-state index contributed by atoms with van der Waals surface area (Å²) in [4.78, 5) is 16.4. The van der Waals surface area contributed by atoms with E-state index in [0.717, 1.165) is 27.1 Å². The van der Waals surface area contributed by atoms with Gasteiger partial charge in [0.05, 0.1) is 22.2 Å². The molecule has 1 unspecified atom stereocenters. The number of fused-ring (bicyclic) bond motifs is 1. The minimum Gasteiger partial charge on any atom is -0.506 e. The van der Waals surface area contributed by atoms with Gasteiger partial charge in [0.25, 0.3) is 0 Å². The molecule has 7 heteroatoms. The van der Waals surface area contributed by atoms with Gasteiger partial charge in [0, 0.05) is 40.9 Å². The third kappa shape index (κ3) is 3.97. The predicted molar refractivity (Wildman–Crippen MR) is 120 cm³/mol. The van der Waals surface area contributed by atoms with Crippen molar-refractivity contribution < 1.29 is 14.6 Å². The zero-order valence-corrected chi connectivity index (χ0v) is 19.0. The van der Waals surface area contributed by atoms with Crippen molar-refractivity contribution in [2.24, 2.45) is 7.05 Å². The van der Waals surface area contributed by atoms with E-state index in [1.165, 1.54) is 0 Å². The molecule has 0 aliphatic carbocycles. The summed E-state index contributed by atoms with van der Waals surface area (Å²) in [5.41, 5.74) is 3.31. The molecule has 1 atom stereocenters. The van der Waals surface area contributed by atoms with Crippen molar-refractivity contribution >= 4 is 44.4 Å². The Bertz CT molecular complexity index is 1080. The number of aromatic nitrogens is 1. The Balaban J connectivity index is 1.90. The molecule has 0 bridgehead atoms. The number of phenolic OH excluding ortho intramolecular Hbond substituents is 1. The molecule has 1 aliphatic heterocycles. The largest absolute Gasteiger partial charge is 0.506 e. The molecule has 29 heavy (non-hydrogen) atoms. The standard InChI is InChI=1S/C22H23BrN2O3S/c1-24(2)10-14-19-16(9-15(23)21(14)26)25(3)17(20(19)22(27)18-11-28-18)12-29-13-7-5-4-6-8-13/h4-9,18,26H,10-12H2,1-3H3. The molecule has 0 spiro atoms. The van der Waals surface area contributed by atoms with Crippen LogP contribution in [0.25, 0.3) is 10.9 Å². The number of aryl methyl sites for hydroxylation is 1. The molecular formula is C22H23BrN2O3S. The minimum absolute atomic E-state index is 0.000917. The molecule has 2 heterocycles. The van der Waals surface area contributed by atoms with Crippen molar-refractivity contribution in [1.82, 2.24) is 9.47 Å². The number of aromatic hydroxyl groups is 1. The number of hydrogen-bond donors (Lipinski definition) is 1. The van der Waals surface area contributed by atoms with E-state index in [1.807, 2.05) is 50.3 Å². The highest BCUT2D eigenvalue weighted by Gasteiger charge is 2.37. The summed E-state index contributed by atoms with van der Waals surface area (Å²) in [6.07, 6.45) is -0.376. The molecule has 4 rings (SSSR count). The smallest absolute Gasteiger partial charge is 0.196 e. The van der Waals surface area contributed by atoms with Crippen LogP contribution in [-0.4, -0.2) is 47.2 Å². The van der Waals surface area contributed by atoms with E-state index < -0.39 is 0 Å². The second-order valence-corrected chi connectivity index (χ2v) is 9.39. The predicted octanol–water partition coefficient (Wildman–Crippen LogP) is 4.58. The van der Waals surface area contributed by atoms with Crippen LogP contribution in [0.1, 0.15) is 21.6 Å². The van der Waals surface area contributed by atoms with Gasteiger partial charge in [-0.25, -0.2) is 0 Å². The first-order chi connectivity index (χ1) is 13.9. The molecule has 5 nitrogen and oxygen atoms in total. The highest BCUT2D eigenvalue weighted by Crippen LogP contribution is 2.41. The fraction of sp³-hybridized carbons (Fsp3) is 0.318. The van der Waals surface area contributed by atoms with Crippen molar-refractivity contribution in [3.63, 3.8) is 0 Å². The van der Waals surface area contributed by atoms with E-state index in [-0.39, 0.29) is 17.6 Å². The lowest BCUT2D eigenvalue weighted by Crippen LogP contribution is -2.13. The third-order valence-electron chi connectivity index (χ3n) is 5.10. The first-order valence-corrected chi connectivity index (χ1v) is 11.2. The minimum atomic E-state index is -0.376. The number of ether oxygens (including phenoxy) is 1. The van der Waals surface area contributed by atoms with Crippen LogP contribution in [0, 0.1) is 0 Å². The molecule has 1 saturated heterocycles. The second-order valence-electron chi connectivity index (χ2n) is 7.49. The molecular weight excluding hydrogens is 452 g/mol. The summed E-state index contributed by atoms with van der Waals surface area (Å²) in [6.45, 7) is 0.995. The molecule has 3 aromatic rings. The van der Waals surface area contributed by atoms with Gasteiger partial charge in [-0.3, -0.25) is 4.79 Å². The quantitative estimate of drug-likeness (QED) is 0.308. The number of halogens is 1. The number of carbonyl (C=O) groups is 1. The van der Waals surface area contributed by atoms with Gasteiger partial charge >= 0.3 is 0 Å². The fourth-order valence-corrected chi connectivity index (χ4v) is 5.06. The highest BCUT2D eigenvalue weighted by molar-refractivity contribution is 9.10. The molecule has 2 aromatic carbocycles. The molecule has 1 fully saturated rings. The average Bonchev–Trinajstić information content (AvgIpc) is 3.50. The van der Waals surface area contributed by atoms with Crippen LogP contribution in [0.2, 0.25) is 0 Å². The Morgan fingerprint density at radius 2 is 2.03 bits per heavy atom. The zero-order chi connectivity index (χ0) is 20.7. The van der Waals surface area contributed by atoms with Crippen LogP contribution in [0.5, 0.6) is 5.75 Å². The maximum Gasteiger partial charge on any atom is 0.196 e. The van der Waals surface area contributed by atoms with Gasteiger partial charge in [0.15, 0.2) is 5.78 Å². The van der Waals surface area contributed by atoms with E-state index in [1.54, 1.807) is 11.8 Å². The summed E-state index contributed by atoms with van der Waals surface area (Å²) in [7, 11) is 5.89. The molecule has 1 aromatic heterocycles. The second kappa shape index (κ2) is 8.14. The van der Waals surface area contributed by atoms with Crippen LogP contribution in [-0.2, 0) is 24.1 Å². The number of phenols is 1. The maximum absolute atomic E-state index is 13.2. The molecule has 1 N–H and O–H groups in total. The van der Waals surface area contributed by atoms with Crippen molar-refractivity contribution in [1.29, 1.82) is 0 Å². The van der Waals surface area contributed by atoms with Crippen molar-refractivity contribution in [3.05, 3.63) is 57.7 Å². The summed E-state index contributed by atoms with van der Waals surface area (Å²) in [6, 6.07) is 12.0. The average molecular weight is 475 g/mol. The van der Waals surface area contributed by atoms with E-state index in [4.69, 9.17) is 4.74 Å². The number of nitrogens with zero attached hydrogens (tertiary/aromatic N) is 2. The van der Waals surface area contributed by atoms with Crippen LogP contribution >= 0.6 is 27.7 Å². The Hall–Kier alpha value is -1.80. The monoisotopic (exact) mass is 474 g/mol. The van der Waals surface area contributed by atoms with Crippen LogP contribution in [0.4, 0.5) is 0 Å². The summed E-state index contributed by atoms with van der Waals surface area (Å²) in [5.74, 6) is 0.841. The molecule has 0 radical (unpaired) electrons. The number of Topliss-reactive ketones (excluding diaryl/α,β-unsaturated/α-hetero) is 1. The third-order valence-corrected chi connectivity index (χ3v) is 6.73. The molecule has 0 saturated carbocycles. The van der Waals surface area contributed by atoms with Crippen molar-refractivity contribution in [2.75, 3.05) is 20.7 Å². The highest BCUT2D eigenvalue weighted by atomic mass is 79.9. The Labute approximate surface area is 182 Å². The van der Waals surface area contributed by atoms with Crippen LogP contribution < -0.4 is 0 Å². The van der Waals surface area contributed by atoms with Gasteiger partial charge in [0.1, 0.15) is 11.9 Å². The van der Waals surface area contributed by atoms with E-state index in [0.29, 0.717) is 28.9 Å². The summed E-state index contributed by atoms with van der Waals surface area (Å²) >= 11 is 5.18. The summed E-state index contributed by atoms with van der Waals surface area (Å²) in [5, 5.41) is 11.6. The van der Waals surface area contributed by atoms with E-state index >= 15 is 0 Å². The number of carbonyl (C=O) groups excluding carboxylic acids is 1. The van der Waals surface area contributed by atoms with Gasteiger partial charge in [-0.2, -0.15) is 0 Å². The van der Waals surface area contributed by atoms with Crippen molar-refractivity contribution in [2.45, 2.75) is 23.3 Å². The first kappa shape index (κ1) is 20.5. The van der Waals surface area contributed by atoms with E-state index in [2.05, 4.69) is 32.6 Å². The Morgan fingerprint density at radius 1 is 1.34 bits per heavy atom. The van der Waals surface area contributed by atoms with E-state index in [9.17, 15) is 9.90 Å². The van der Waals surface area contributed by atoms with Gasteiger partial charge in [-0.05, 0) is 48.2 Å². The number of thioether (sulfide) groups is 1. The lowest BCUT2D eigenvalue weighted by molar-refractivity contribution is 0.0954. The van der Waals surface area contributed by atoms with Gasteiger partial charge in [0.2, 0.25) is 0 Å². The topological polar surface area (TPSA) is 58.0 Å². The lowest BCUT2D eigenvalue weighted by Gasteiger charge is -2.15. The number of hydrogen-bond acceptors (Lipinski definition) is 5. The number of ketones is 1. The lowest BCUT2D eigenvalue weighted by atomic mass is 9.99.